The second kappa shape index (κ2) is 2.75. The van der Waals surface area contributed by atoms with Crippen molar-refractivity contribution in [2.75, 3.05) is 0 Å². The number of benzene rings is 1. The standard InChI is InChI=1S/C12H12O3/c13-11(14)7-9-8-3-1-2-4-10(8)15-12(9)5-6-12/h1-4,9H,5-7H2,(H,13,14). The SMILES string of the molecule is O=C(O)CC1c2ccccc2OC12CC2. The molecule has 1 spiro atoms. The summed E-state index contributed by atoms with van der Waals surface area (Å²) in [6.45, 7) is 0. The molecule has 1 N–H and O–H groups in total. The Morgan fingerprint density at radius 2 is 2.20 bits per heavy atom. The third-order valence-corrected chi connectivity index (χ3v) is 3.36. The van der Waals surface area contributed by atoms with Crippen LogP contribution in [0, 0.1) is 0 Å². The van der Waals surface area contributed by atoms with E-state index in [1.807, 2.05) is 24.3 Å². The van der Waals surface area contributed by atoms with Crippen molar-refractivity contribution < 1.29 is 14.6 Å². The van der Waals surface area contributed by atoms with Crippen LogP contribution in [0.1, 0.15) is 30.7 Å². The average molecular weight is 204 g/mol. The molecule has 1 aliphatic carbocycles. The Morgan fingerprint density at radius 1 is 1.47 bits per heavy atom. The van der Waals surface area contributed by atoms with Crippen LogP contribution in [-0.4, -0.2) is 16.7 Å². The van der Waals surface area contributed by atoms with Crippen molar-refractivity contribution >= 4 is 5.97 Å². The van der Waals surface area contributed by atoms with Crippen LogP contribution in [0.5, 0.6) is 5.75 Å². The van der Waals surface area contributed by atoms with Crippen LogP contribution in [0.2, 0.25) is 0 Å². The summed E-state index contributed by atoms with van der Waals surface area (Å²) in [4.78, 5) is 10.8. The van der Waals surface area contributed by atoms with Crippen molar-refractivity contribution in [1.29, 1.82) is 0 Å². The molecule has 0 aromatic heterocycles. The van der Waals surface area contributed by atoms with Crippen LogP contribution in [-0.2, 0) is 4.79 Å². The van der Waals surface area contributed by atoms with E-state index in [-0.39, 0.29) is 17.9 Å². The highest BCUT2D eigenvalue weighted by atomic mass is 16.5. The van der Waals surface area contributed by atoms with Gasteiger partial charge in [-0.1, -0.05) is 18.2 Å². The molecule has 1 aromatic rings. The molecular weight excluding hydrogens is 192 g/mol. The molecule has 78 valence electrons. The summed E-state index contributed by atoms with van der Waals surface area (Å²) >= 11 is 0. The molecule has 2 aliphatic rings. The zero-order valence-electron chi connectivity index (χ0n) is 8.27. The van der Waals surface area contributed by atoms with E-state index in [4.69, 9.17) is 9.84 Å². The Morgan fingerprint density at radius 3 is 2.87 bits per heavy atom. The molecule has 0 radical (unpaired) electrons. The van der Waals surface area contributed by atoms with Gasteiger partial charge in [-0.3, -0.25) is 4.79 Å². The summed E-state index contributed by atoms with van der Waals surface area (Å²) in [6, 6.07) is 7.78. The van der Waals surface area contributed by atoms with E-state index in [1.165, 1.54) is 0 Å². The number of carboxylic acids is 1. The molecule has 0 amide bonds. The fraction of sp³-hybridized carbons (Fsp3) is 0.417. The summed E-state index contributed by atoms with van der Waals surface area (Å²) in [5.41, 5.74) is 0.889. The first-order valence-electron chi connectivity index (χ1n) is 5.21. The van der Waals surface area contributed by atoms with E-state index in [9.17, 15) is 4.79 Å². The monoisotopic (exact) mass is 204 g/mol. The van der Waals surface area contributed by atoms with Crippen molar-refractivity contribution in [3.05, 3.63) is 29.8 Å². The Kier molecular flexibility index (Phi) is 1.61. The van der Waals surface area contributed by atoms with Crippen molar-refractivity contribution in [3.63, 3.8) is 0 Å². The van der Waals surface area contributed by atoms with Crippen molar-refractivity contribution in [1.82, 2.24) is 0 Å². The predicted octanol–water partition coefficient (Wildman–Crippen LogP) is 2.17. The number of hydrogen-bond donors (Lipinski definition) is 1. The second-order valence-corrected chi connectivity index (χ2v) is 4.36. The number of carboxylic acid groups (broad SMARTS) is 1. The topological polar surface area (TPSA) is 46.5 Å². The molecule has 1 heterocycles. The van der Waals surface area contributed by atoms with Gasteiger partial charge in [0.25, 0.3) is 0 Å². The molecule has 1 aromatic carbocycles. The third kappa shape index (κ3) is 1.23. The molecule has 0 bridgehead atoms. The van der Waals surface area contributed by atoms with Gasteiger partial charge in [0.2, 0.25) is 0 Å². The molecule has 1 aliphatic heterocycles. The number of hydrogen-bond acceptors (Lipinski definition) is 2. The summed E-state index contributed by atoms with van der Waals surface area (Å²) in [5.74, 6) is 0.180. The maximum atomic E-state index is 10.8. The number of fused-ring (bicyclic) bond motifs is 1. The molecule has 1 atom stereocenters. The number of para-hydroxylation sites is 1. The number of carbonyl (C=O) groups is 1. The molecule has 1 saturated carbocycles. The van der Waals surface area contributed by atoms with Crippen LogP contribution >= 0.6 is 0 Å². The Bertz CT molecular complexity index is 421. The summed E-state index contributed by atoms with van der Waals surface area (Å²) in [6.07, 6.45) is 2.15. The molecule has 3 nitrogen and oxygen atoms in total. The maximum Gasteiger partial charge on any atom is 0.304 e. The van der Waals surface area contributed by atoms with Gasteiger partial charge in [-0.2, -0.15) is 0 Å². The normalized spacial score (nSPS) is 24.7. The summed E-state index contributed by atoms with van der Waals surface area (Å²) < 4.78 is 5.86. The van der Waals surface area contributed by atoms with E-state index in [1.54, 1.807) is 0 Å². The van der Waals surface area contributed by atoms with Crippen LogP contribution in [0.25, 0.3) is 0 Å². The molecule has 3 heteroatoms. The van der Waals surface area contributed by atoms with E-state index < -0.39 is 5.97 Å². The van der Waals surface area contributed by atoms with Gasteiger partial charge in [0.1, 0.15) is 11.4 Å². The number of rotatable bonds is 2. The van der Waals surface area contributed by atoms with Gasteiger partial charge in [0, 0.05) is 11.5 Å². The first kappa shape index (κ1) is 8.77. The molecule has 15 heavy (non-hydrogen) atoms. The number of aliphatic carboxylic acids is 1. The van der Waals surface area contributed by atoms with Crippen molar-refractivity contribution in [2.24, 2.45) is 0 Å². The van der Waals surface area contributed by atoms with Crippen LogP contribution in [0.15, 0.2) is 24.3 Å². The van der Waals surface area contributed by atoms with Gasteiger partial charge >= 0.3 is 5.97 Å². The van der Waals surface area contributed by atoms with E-state index >= 15 is 0 Å². The largest absolute Gasteiger partial charge is 0.486 e. The van der Waals surface area contributed by atoms with Crippen molar-refractivity contribution in [3.8, 4) is 5.75 Å². The second-order valence-electron chi connectivity index (χ2n) is 4.36. The highest BCUT2D eigenvalue weighted by molar-refractivity contribution is 5.69. The quantitative estimate of drug-likeness (QED) is 0.803. The zero-order valence-corrected chi connectivity index (χ0v) is 8.27. The average Bonchev–Trinajstić information content (AvgIpc) is 2.89. The van der Waals surface area contributed by atoms with Gasteiger partial charge in [0.15, 0.2) is 0 Å². The fourth-order valence-electron chi connectivity index (χ4n) is 2.48. The first-order valence-corrected chi connectivity index (χ1v) is 5.21. The molecule has 1 unspecified atom stereocenters. The van der Waals surface area contributed by atoms with E-state index in [0.717, 1.165) is 24.2 Å². The third-order valence-electron chi connectivity index (χ3n) is 3.36. The van der Waals surface area contributed by atoms with Crippen LogP contribution in [0.4, 0.5) is 0 Å². The minimum absolute atomic E-state index is 0.0474. The van der Waals surface area contributed by atoms with Gasteiger partial charge in [-0.05, 0) is 18.9 Å². The lowest BCUT2D eigenvalue weighted by atomic mass is 9.90. The fourth-order valence-corrected chi connectivity index (χ4v) is 2.48. The lowest BCUT2D eigenvalue weighted by Gasteiger charge is -2.15. The highest BCUT2D eigenvalue weighted by Gasteiger charge is 2.57. The molecule has 1 fully saturated rings. The van der Waals surface area contributed by atoms with Gasteiger partial charge in [0.05, 0.1) is 6.42 Å². The van der Waals surface area contributed by atoms with Gasteiger partial charge in [-0.15, -0.1) is 0 Å². The zero-order chi connectivity index (χ0) is 10.5. The molecular formula is C12H12O3. The highest BCUT2D eigenvalue weighted by Crippen LogP contribution is 2.58. The Balaban J connectivity index is 2.00. The maximum absolute atomic E-state index is 10.8. The Labute approximate surface area is 87.7 Å². The summed E-state index contributed by atoms with van der Waals surface area (Å²) in [7, 11) is 0. The van der Waals surface area contributed by atoms with E-state index in [0.29, 0.717) is 0 Å². The summed E-state index contributed by atoms with van der Waals surface area (Å²) in [5, 5.41) is 8.90. The van der Waals surface area contributed by atoms with Crippen LogP contribution in [0.3, 0.4) is 0 Å². The predicted molar refractivity (Wildman–Crippen MR) is 54.0 cm³/mol. The first-order chi connectivity index (χ1) is 7.21. The lowest BCUT2D eigenvalue weighted by molar-refractivity contribution is -0.138. The van der Waals surface area contributed by atoms with Gasteiger partial charge in [-0.25, -0.2) is 0 Å². The van der Waals surface area contributed by atoms with Gasteiger partial charge < -0.3 is 9.84 Å². The minimum atomic E-state index is -0.744. The number of ether oxygens (including phenoxy) is 1. The molecule has 3 rings (SSSR count). The lowest BCUT2D eigenvalue weighted by Crippen LogP contribution is -2.22. The molecule has 0 saturated heterocycles. The minimum Gasteiger partial charge on any atom is -0.486 e. The van der Waals surface area contributed by atoms with E-state index in [2.05, 4.69) is 0 Å². The Hall–Kier alpha value is -1.51. The van der Waals surface area contributed by atoms with Crippen LogP contribution < -0.4 is 4.74 Å². The van der Waals surface area contributed by atoms with Crippen molar-refractivity contribution in [2.45, 2.75) is 30.8 Å². The smallest absolute Gasteiger partial charge is 0.304 e.